The summed E-state index contributed by atoms with van der Waals surface area (Å²) in [4.78, 5) is 27.0. The number of amides is 2. The number of Topliss-reactive ketones (excluding diaryl/α,β-unsaturated/α-hetero) is 1. The molecular weight excluding hydrogens is 639 g/mol. The zero-order valence-corrected chi connectivity index (χ0v) is 32.0. The highest BCUT2D eigenvalue weighted by Gasteiger charge is 2.28. The lowest BCUT2D eigenvalue weighted by atomic mass is 9.83. The quantitative estimate of drug-likeness (QED) is 0.142. The van der Waals surface area contributed by atoms with Crippen LogP contribution in [-0.2, 0) is 20.2 Å². The lowest BCUT2D eigenvalue weighted by Gasteiger charge is -2.27. The molecule has 1 aliphatic carbocycles. The first-order valence-corrected chi connectivity index (χ1v) is 21.0. The molecule has 1 saturated carbocycles. The van der Waals surface area contributed by atoms with Gasteiger partial charge >= 0.3 is 6.03 Å². The van der Waals surface area contributed by atoms with Crippen molar-refractivity contribution in [2.24, 2.45) is 11.8 Å². The molecule has 0 heterocycles. The minimum absolute atomic E-state index is 0.0784. The molecule has 2 N–H and O–H groups in total. The van der Waals surface area contributed by atoms with E-state index in [4.69, 9.17) is 0 Å². The van der Waals surface area contributed by atoms with Crippen molar-refractivity contribution in [2.75, 3.05) is 28.2 Å². The number of nitrogens with one attached hydrogen (secondary N) is 2. The number of unbranched alkanes of at least 4 members (excludes halogenated alkanes) is 1. The highest BCUT2D eigenvalue weighted by Crippen LogP contribution is 2.30. The van der Waals surface area contributed by atoms with E-state index in [1.54, 1.807) is 48.2 Å². The van der Waals surface area contributed by atoms with Crippen molar-refractivity contribution in [1.82, 2.24) is 5.32 Å². The van der Waals surface area contributed by atoms with Gasteiger partial charge < -0.3 is 10.6 Å². The number of carbonyl (C=O) groups excluding carboxylic acids is 2. The topological polar surface area (TPSA) is 95.6 Å². The number of thioether (sulfide) groups is 1. The van der Waals surface area contributed by atoms with Crippen LogP contribution in [0.4, 0.5) is 16.2 Å². The smallest absolute Gasteiger partial charge is 0.319 e. The van der Waals surface area contributed by atoms with E-state index >= 15 is 0 Å². The van der Waals surface area contributed by atoms with Crippen molar-refractivity contribution in [3.8, 4) is 0 Å². The van der Waals surface area contributed by atoms with Gasteiger partial charge in [-0.25, -0.2) is 13.2 Å². The van der Waals surface area contributed by atoms with Gasteiger partial charge in [0.2, 0.25) is 0 Å². The Hall–Kier alpha value is -2.52. The molecule has 0 spiro atoms. The van der Waals surface area contributed by atoms with Crippen LogP contribution in [0, 0.1) is 11.8 Å². The Morgan fingerprint density at radius 3 is 2.19 bits per heavy atom. The van der Waals surface area contributed by atoms with E-state index in [0.29, 0.717) is 49.0 Å². The third-order valence-electron chi connectivity index (χ3n) is 9.76. The van der Waals surface area contributed by atoms with Gasteiger partial charge in [-0.2, -0.15) is 11.8 Å². The lowest BCUT2D eigenvalue weighted by molar-refractivity contribution is -0.121. The first-order chi connectivity index (χ1) is 22.9. The summed E-state index contributed by atoms with van der Waals surface area (Å²) in [6.45, 7) is 11.1. The number of carbonyl (C=O) groups is 2. The van der Waals surface area contributed by atoms with Gasteiger partial charge in [-0.05, 0) is 90.5 Å². The molecule has 0 radical (unpaired) electrons. The fourth-order valence-electron chi connectivity index (χ4n) is 6.62. The minimum atomic E-state index is -3.80. The molecule has 9 heteroatoms. The van der Waals surface area contributed by atoms with Crippen LogP contribution in [0.25, 0.3) is 0 Å². The Labute approximate surface area is 295 Å². The number of sulfonamides is 1. The molecule has 0 aromatic heterocycles. The summed E-state index contributed by atoms with van der Waals surface area (Å²) in [7, 11) is -3.80. The fourth-order valence-corrected chi connectivity index (χ4v) is 8.55. The Morgan fingerprint density at radius 1 is 0.938 bits per heavy atom. The molecule has 2 atom stereocenters. The number of nitrogens with zero attached hydrogens (tertiary/aromatic N) is 1. The summed E-state index contributed by atoms with van der Waals surface area (Å²) in [5, 5.41) is 5.93. The third kappa shape index (κ3) is 12.4. The molecule has 1 unspecified atom stereocenters. The van der Waals surface area contributed by atoms with Crippen molar-refractivity contribution >= 4 is 45.0 Å². The predicted octanol–water partition coefficient (Wildman–Crippen LogP) is 9.96. The van der Waals surface area contributed by atoms with Crippen LogP contribution in [0.3, 0.4) is 0 Å². The maximum atomic E-state index is 13.9. The van der Waals surface area contributed by atoms with Crippen molar-refractivity contribution in [2.45, 2.75) is 134 Å². The number of rotatable bonds is 19. The van der Waals surface area contributed by atoms with E-state index in [1.807, 2.05) is 18.4 Å². The van der Waals surface area contributed by atoms with Gasteiger partial charge in [-0.1, -0.05) is 105 Å². The van der Waals surface area contributed by atoms with E-state index in [-0.39, 0.29) is 16.1 Å². The van der Waals surface area contributed by atoms with Gasteiger partial charge in [0.15, 0.2) is 5.78 Å². The standard InChI is InChI=1S/C39H61N3O4S2/c1-7-9-14-30(8-2)17-26-37(43)36(29-31-15-11-10-12-16-31)41-38(44)40-33-20-22-34(23-21-33)42(27-13-28-47-6)48(45,46)35-24-18-32(19-25-35)39(3,4)5/h18-25,30-31,36H,7-17,26-29H2,1-6H3,(H2,40,41,44)/t30?,36-/m1/s1. The number of benzene rings is 2. The molecule has 0 saturated heterocycles. The highest BCUT2D eigenvalue weighted by molar-refractivity contribution is 7.98. The van der Waals surface area contributed by atoms with Crippen LogP contribution in [0.5, 0.6) is 0 Å². The Kier molecular flexibility index (Phi) is 16.3. The second kappa shape index (κ2) is 19.6. The predicted molar refractivity (Wildman–Crippen MR) is 204 cm³/mol. The van der Waals surface area contributed by atoms with E-state index in [0.717, 1.165) is 49.8 Å². The lowest BCUT2D eigenvalue weighted by Crippen LogP contribution is -2.44. The molecule has 1 fully saturated rings. The second-order valence-corrected chi connectivity index (χ2v) is 17.4. The monoisotopic (exact) mass is 699 g/mol. The first-order valence-electron chi connectivity index (χ1n) is 18.2. The summed E-state index contributed by atoms with van der Waals surface area (Å²) in [6, 6.07) is 13.2. The van der Waals surface area contributed by atoms with Gasteiger partial charge in [0.25, 0.3) is 10.0 Å². The summed E-state index contributed by atoms with van der Waals surface area (Å²) in [6.07, 6.45) is 15.2. The molecule has 1 aliphatic rings. The molecule has 2 aromatic carbocycles. The Bertz CT molecular complexity index is 1370. The Balaban J connectivity index is 1.73. The van der Waals surface area contributed by atoms with Gasteiger partial charge in [0.05, 0.1) is 16.6 Å². The molecule has 3 rings (SSSR count). The maximum Gasteiger partial charge on any atom is 0.319 e. The van der Waals surface area contributed by atoms with Crippen molar-refractivity contribution < 1.29 is 18.0 Å². The van der Waals surface area contributed by atoms with Crippen molar-refractivity contribution in [1.29, 1.82) is 0 Å². The van der Waals surface area contributed by atoms with Gasteiger partial charge in [-0.15, -0.1) is 0 Å². The normalized spacial score (nSPS) is 15.5. The maximum absolute atomic E-state index is 13.9. The minimum Gasteiger partial charge on any atom is -0.328 e. The van der Waals surface area contributed by atoms with E-state index in [1.165, 1.54) is 30.0 Å². The third-order valence-corrected chi connectivity index (χ3v) is 12.3. The number of ketones is 1. The van der Waals surface area contributed by atoms with Crippen molar-refractivity contribution in [3.05, 3.63) is 54.1 Å². The van der Waals surface area contributed by atoms with Crippen LogP contribution >= 0.6 is 11.8 Å². The van der Waals surface area contributed by atoms with Gasteiger partial charge in [0.1, 0.15) is 0 Å². The number of hydrogen-bond donors (Lipinski definition) is 2. The molecule has 0 aliphatic heterocycles. The number of hydrogen-bond acceptors (Lipinski definition) is 5. The zero-order valence-electron chi connectivity index (χ0n) is 30.4. The summed E-state index contributed by atoms with van der Waals surface area (Å²) < 4.78 is 29.2. The van der Waals surface area contributed by atoms with E-state index < -0.39 is 22.1 Å². The van der Waals surface area contributed by atoms with E-state index in [9.17, 15) is 18.0 Å². The second-order valence-electron chi connectivity index (χ2n) is 14.6. The highest BCUT2D eigenvalue weighted by atomic mass is 32.2. The largest absolute Gasteiger partial charge is 0.328 e. The fraction of sp³-hybridized carbons (Fsp3) is 0.641. The molecular formula is C39H61N3O4S2. The van der Waals surface area contributed by atoms with Crippen LogP contribution in [0.15, 0.2) is 53.4 Å². The molecule has 2 amide bonds. The molecule has 2 aromatic rings. The number of urea groups is 1. The molecule has 7 nitrogen and oxygen atoms in total. The van der Waals surface area contributed by atoms with Crippen LogP contribution < -0.4 is 14.9 Å². The van der Waals surface area contributed by atoms with Crippen LogP contribution in [-0.4, -0.2) is 44.8 Å². The van der Waals surface area contributed by atoms with E-state index in [2.05, 4.69) is 45.3 Å². The Morgan fingerprint density at radius 2 is 1.60 bits per heavy atom. The first kappa shape index (κ1) is 39.9. The average Bonchev–Trinajstić information content (AvgIpc) is 3.07. The van der Waals surface area contributed by atoms with Gasteiger partial charge in [-0.3, -0.25) is 9.10 Å². The zero-order chi connectivity index (χ0) is 35.2. The summed E-state index contributed by atoms with van der Waals surface area (Å²) in [5.74, 6) is 1.97. The number of anilines is 2. The SMILES string of the molecule is CCCCC(CC)CCC(=O)[C@@H](CC1CCCCC1)NC(=O)Nc1ccc(N(CCCSC)S(=O)(=O)c2ccc(C(C)(C)C)cc2)cc1. The van der Waals surface area contributed by atoms with Crippen LogP contribution in [0.2, 0.25) is 0 Å². The molecule has 0 bridgehead atoms. The molecule has 48 heavy (non-hydrogen) atoms. The van der Waals surface area contributed by atoms with Crippen LogP contribution in [0.1, 0.15) is 124 Å². The summed E-state index contributed by atoms with van der Waals surface area (Å²) >= 11 is 1.68. The summed E-state index contributed by atoms with van der Waals surface area (Å²) in [5.41, 5.74) is 2.08. The van der Waals surface area contributed by atoms with Gasteiger partial charge in [0, 0.05) is 18.7 Å². The van der Waals surface area contributed by atoms with Crippen molar-refractivity contribution in [3.63, 3.8) is 0 Å². The average molecular weight is 700 g/mol. The molecule has 268 valence electrons.